The molecule has 0 saturated heterocycles. The zero-order chi connectivity index (χ0) is 9.89. The van der Waals surface area contributed by atoms with Gasteiger partial charge in [0.05, 0.1) is 0 Å². The molecule has 2 nitrogen and oxygen atoms in total. The monoisotopic (exact) mass is 170 g/mol. The third-order valence-corrected chi connectivity index (χ3v) is 2.10. The van der Waals surface area contributed by atoms with Crippen LogP contribution in [0.1, 0.15) is 34.6 Å². The highest BCUT2D eigenvalue weighted by Crippen LogP contribution is 2.20. The predicted molar refractivity (Wildman–Crippen MR) is 50.0 cm³/mol. The highest BCUT2D eigenvalue weighted by atomic mass is 16.4. The van der Waals surface area contributed by atoms with E-state index in [2.05, 4.69) is 0 Å². The zero-order valence-electron chi connectivity index (χ0n) is 8.51. The van der Waals surface area contributed by atoms with Gasteiger partial charge in [0.2, 0.25) is 0 Å². The van der Waals surface area contributed by atoms with Gasteiger partial charge in [0.25, 0.3) is 0 Å². The first-order valence-electron chi connectivity index (χ1n) is 4.31. The summed E-state index contributed by atoms with van der Waals surface area (Å²) in [6, 6.07) is 0. The van der Waals surface area contributed by atoms with Crippen molar-refractivity contribution in [1.29, 1.82) is 0 Å². The molecule has 0 radical (unpaired) electrons. The fourth-order valence-electron chi connectivity index (χ4n) is 1.18. The van der Waals surface area contributed by atoms with E-state index >= 15 is 0 Å². The van der Waals surface area contributed by atoms with Gasteiger partial charge in [-0.25, -0.2) is 4.79 Å². The molecule has 0 aromatic heterocycles. The van der Waals surface area contributed by atoms with Crippen LogP contribution in [0.5, 0.6) is 0 Å². The fourth-order valence-corrected chi connectivity index (χ4v) is 1.18. The van der Waals surface area contributed by atoms with Gasteiger partial charge in [0.15, 0.2) is 0 Å². The molecule has 0 aliphatic rings. The normalized spacial score (nSPS) is 13.6. The van der Waals surface area contributed by atoms with Crippen LogP contribution in [0.15, 0.2) is 11.1 Å². The molecule has 0 aliphatic heterocycles. The Labute approximate surface area is 74.3 Å². The lowest BCUT2D eigenvalue weighted by molar-refractivity contribution is -0.133. The van der Waals surface area contributed by atoms with E-state index < -0.39 is 5.97 Å². The summed E-state index contributed by atoms with van der Waals surface area (Å²) >= 11 is 0. The molecule has 0 spiro atoms. The summed E-state index contributed by atoms with van der Waals surface area (Å²) in [7, 11) is 0. The Kier molecular flexibility index (Phi) is 4.01. The summed E-state index contributed by atoms with van der Waals surface area (Å²) in [6.45, 7) is 9.75. The minimum atomic E-state index is -0.781. The van der Waals surface area contributed by atoms with Crippen molar-refractivity contribution in [2.75, 3.05) is 0 Å². The summed E-state index contributed by atoms with van der Waals surface area (Å²) in [5.41, 5.74) is 1.54. The van der Waals surface area contributed by atoms with E-state index in [1.165, 1.54) is 0 Å². The number of allylic oxidation sites excluding steroid dienone is 1. The van der Waals surface area contributed by atoms with E-state index in [0.717, 1.165) is 5.57 Å². The van der Waals surface area contributed by atoms with Gasteiger partial charge >= 0.3 is 5.97 Å². The standard InChI is InChI=1S/C10H18O2/c1-6(2)8(5)9(7(3)4)10(11)12/h6-7H,1-5H3,(H,11,12). The van der Waals surface area contributed by atoms with E-state index in [4.69, 9.17) is 5.11 Å². The average molecular weight is 170 g/mol. The van der Waals surface area contributed by atoms with Crippen molar-refractivity contribution in [3.05, 3.63) is 11.1 Å². The van der Waals surface area contributed by atoms with Gasteiger partial charge in [-0.1, -0.05) is 33.3 Å². The van der Waals surface area contributed by atoms with Crippen LogP contribution in [0.4, 0.5) is 0 Å². The lowest BCUT2D eigenvalue weighted by Crippen LogP contribution is -2.11. The van der Waals surface area contributed by atoms with E-state index in [-0.39, 0.29) is 5.92 Å². The summed E-state index contributed by atoms with van der Waals surface area (Å²) in [6.07, 6.45) is 0. The van der Waals surface area contributed by atoms with Crippen LogP contribution in [-0.2, 0) is 4.79 Å². The van der Waals surface area contributed by atoms with Crippen molar-refractivity contribution in [1.82, 2.24) is 0 Å². The van der Waals surface area contributed by atoms with E-state index in [1.54, 1.807) is 0 Å². The molecule has 0 unspecified atom stereocenters. The second-order valence-corrected chi connectivity index (χ2v) is 3.71. The first-order valence-corrected chi connectivity index (χ1v) is 4.31. The molecule has 0 atom stereocenters. The fraction of sp³-hybridized carbons (Fsp3) is 0.700. The molecular formula is C10H18O2. The van der Waals surface area contributed by atoms with Gasteiger partial charge in [-0.15, -0.1) is 0 Å². The molecule has 0 aromatic carbocycles. The van der Waals surface area contributed by atoms with Crippen molar-refractivity contribution in [3.63, 3.8) is 0 Å². The number of carboxylic acids is 1. The zero-order valence-corrected chi connectivity index (χ0v) is 8.51. The minimum Gasteiger partial charge on any atom is -0.478 e. The molecule has 0 saturated carbocycles. The van der Waals surface area contributed by atoms with E-state index in [0.29, 0.717) is 11.5 Å². The van der Waals surface area contributed by atoms with Gasteiger partial charge < -0.3 is 5.11 Å². The third kappa shape index (κ3) is 2.68. The molecule has 70 valence electrons. The van der Waals surface area contributed by atoms with Crippen LogP contribution < -0.4 is 0 Å². The Morgan fingerprint density at radius 1 is 1.08 bits per heavy atom. The number of carboxylic acid groups (broad SMARTS) is 1. The largest absolute Gasteiger partial charge is 0.478 e. The third-order valence-electron chi connectivity index (χ3n) is 2.10. The molecule has 2 heteroatoms. The van der Waals surface area contributed by atoms with Crippen molar-refractivity contribution >= 4 is 5.97 Å². The Balaban J connectivity index is 4.94. The molecule has 0 aromatic rings. The van der Waals surface area contributed by atoms with Crippen LogP contribution in [0, 0.1) is 11.8 Å². The van der Waals surface area contributed by atoms with Crippen LogP contribution in [0.25, 0.3) is 0 Å². The van der Waals surface area contributed by atoms with E-state index in [9.17, 15) is 4.79 Å². The lowest BCUT2D eigenvalue weighted by Gasteiger charge is -2.14. The Morgan fingerprint density at radius 2 is 1.50 bits per heavy atom. The maximum absolute atomic E-state index is 10.8. The van der Waals surface area contributed by atoms with E-state index in [1.807, 2.05) is 34.6 Å². The van der Waals surface area contributed by atoms with Gasteiger partial charge in [0, 0.05) is 5.57 Å². The SMILES string of the molecule is CC(=C(C(=O)O)C(C)C)C(C)C. The number of hydrogen-bond acceptors (Lipinski definition) is 1. The topological polar surface area (TPSA) is 37.3 Å². The number of aliphatic carboxylic acids is 1. The van der Waals surface area contributed by atoms with Crippen LogP contribution in [0.2, 0.25) is 0 Å². The maximum Gasteiger partial charge on any atom is 0.331 e. The number of hydrogen-bond donors (Lipinski definition) is 1. The molecule has 0 rings (SSSR count). The highest BCUT2D eigenvalue weighted by molar-refractivity contribution is 5.87. The Hall–Kier alpha value is -0.790. The quantitative estimate of drug-likeness (QED) is 0.661. The first-order chi connectivity index (χ1) is 5.37. The molecule has 0 bridgehead atoms. The second-order valence-electron chi connectivity index (χ2n) is 3.71. The van der Waals surface area contributed by atoms with Crippen molar-refractivity contribution in [2.24, 2.45) is 11.8 Å². The molecule has 0 fully saturated rings. The number of rotatable bonds is 3. The summed E-state index contributed by atoms with van der Waals surface area (Å²) in [5, 5.41) is 8.91. The summed E-state index contributed by atoms with van der Waals surface area (Å²) in [5.74, 6) is -0.361. The van der Waals surface area contributed by atoms with Gasteiger partial charge in [0.1, 0.15) is 0 Å². The van der Waals surface area contributed by atoms with Crippen LogP contribution in [0.3, 0.4) is 0 Å². The second kappa shape index (κ2) is 4.29. The molecule has 0 aliphatic carbocycles. The van der Waals surface area contributed by atoms with Crippen molar-refractivity contribution < 1.29 is 9.90 Å². The van der Waals surface area contributed by atoms with Crippen molar-refractivity contribution in [3.8, 4) is 0 Å². The molecule has 0 amide bonds. The molecule has 12 heavy (non-hydrogen) atoms. The van der Waals surface area contributed by atoms with Crippen molar-refractivity contribution in [2.45, 2.75) is 34.6 Å². The number of carbonyl (C=O) groups is 1. The molecular weight excluding hydrogens is 152 g/mol. The van der Waals surface area contributed by atoms with Gasteiger partial charge in [-0.3, -0.25) is 0 Å². The van der Waals surface area contributed by atoms with Gasteiger partial charge in [-0.05, 0) is 18.8 Å². The molecule has 1 N–H and O–H groups in total. The lowest BCUT2D eigenvalue weighted by atomic mass is 9.92. The smallest absolute Gasteiger partial charge is 0.331 e. The summed E-state index contributed by atoms with van der Waals surface area (Å²) < 4.78 is 0. The Bertz CT molecular complexity index is 200. The average Bonchev–Trinajstić information content (AvgIpc) is 1.85. The van der Waals surface area contributed by atoms with Gasteiger partial charge in [-0.2, -0.15) is 0 Å². The van der Waals surface area contributed by atoms with Crippen LogP contribution in [-0.4, -0.2) is 11.1 Å². The molecule has 0 heterocycles. The minimum absolute atomic E-state index is 0.102. The maximum atomic E-state index is 10.8. The highest BCUT2D eigenvalue weighted by Gasteiger charge is 2.16. The predicted octanol–water partition coefficient (Wildman–Crippen LogP) is 2.70. The van der Waals surface area contributed by atoms with Crippen LogP contribution >= 0.6 is 0 Å². The Morgan fingerprint density at radius 3 is 1.58 bits per heavy atom. The first kappa shape index (κ1) is 11.2. The summed E-state index contributed by atoms with van der Waals surface area (Å²) in [4.78, 5) is 10.8.